The molecular weight excluding hydrogens is 302 g/mol. The van der Waals surface area contributed by atoms with Crippen molar-refractivity contribution in [2.45, 2.75) is 18.7 Å². The van der Waals surface area contributed by atoms with E-state index in [9.17, 15) is 18.3 Å². The quantitative estimate of drug-likeness (QED) is 0.919. The Morgan fingerprint density at radius 3 is 2.23 bits per heavy atom. The van der Waals surface area contributed by atoms with E-state index in [-0.39, 0.29) is 22.7 Å². The van der Waals surface area contributed by atoms with Crippen LogP contribution in [-0.4, -0.2) is 26.0 Å². The fourth-order valence-corrected chi connectivity index (χ4v) is 3.67. The van der Waals surface area contributed by atoms with E-state index in [2.05, 4.69) is 0 Å². The number of nitrogens with zero attached hydrogens (tertiary/aromatic N) is 1. The lowest BCUT2D eigenvalue weighted by atomic mass is 10.2. The van der Waals surface area contributed by atoms with Crippen molar-refractivity contribution < 1.29 is 18.3 Å². The summed E-state index contributed by atoms with van der Waals surface area (Å²) in [5.41, 5.74) is 1.08. The topological polar surface area (TPSA) is 74.7 Å². The van der Waals surface area contributed by atoms with Gasteiger partial charge in [-0.15, -0.1) is 0 Å². The maximum absolute atomic E-state index is 12.8. The highest BCUT2D eigenvalue weighted by Crippen LogP contribution is 2.27. The molecule has 2 aromatic carbocycles. The van der Waals surface area contributed by atoms with Crippen LogP contribution in [0, 0.1) is 6.92 Å². The van der Waals surface area contributed by atoms with Gasteiger partial charge < -0.3 is 5.11 Å². The molecule has 22 heavy (non-hydrogen) atoms. The van der Waals surface area contributed by atoms with Gasteiger partial charge in [-0.05, 0) is 38.1 Å². The molecule has 5 nitrogen and oxygen atoms in total. The zero-order chi connectivity index (χ0) is 16.3. The maximum atomic E-state index is 12.8. The highest BCUT2D eigenvalue weighted by Gasteiger charge is 2.26. The molecule has 116 valence electrons. The average molecular weight is 319 g/mol. The van der Waals surface area contributed by atoms with E-state index >= 15 is 0 Å². The van der Waals surface area contributed by atoms with Crippen LogP contribution in [-0.2, 0) is 10.0 Å². The third-order valence-corrected chi connectivity index (χ3v) is 5.20. The molecule has 0 aromatic heterocycles. The summed E-state index contributed by atoms with van der Waals surface area (Å²) in [5.74, 6) is -1.16. The van der Waals surface area contributed by atoms with Gasteiger partial charge in [0.15, 0.2) is 0 Å². The highest BCUT2D eigenvalue weighted by atomic mass is 32.2. The third-order valence-electron chi connectivity index (χ3n) is 3.30. The number of hydrogen-bond donors (Lipinski definition) is 1. The maximum Gasteiger partial charge on any atom is 0.337 e. The van der Waals surface area contributed by atoms with E-state index in [1.54, 1.807) is 31.2 Å². The normalized spacial score (nSPS) is 11.2. The van der Waals surface area contributed by atoms with Crippen molar-refractivity contribution in [3.8, 4) is 0 Å². The number of para-hydroxylation sites is 1. The number of hydrogen-bond acceptors (Lipinski definition) is 3. The SMILES string of the molecule is CCN(c1ccccc1C(=O)O)S(=O)(=O)c1ccc(C)cc1. The molecule has 0 bridgehead atoms. The van der Waals surface area contributed by atoms with Crippen molar-refractivity contribution in [3.63, 3.8) is 0 Å². The highest BCUT2D eigenvalue weighted by molar-refractivity contribution is 7.92. The largest absolute Gasteiger partial charge is 0.478 e. The Bertz CT molecular complexity index is 782. The van der Waals surface area contributed by atoms with Gasteiger partial charge in [0.25, 0.3) is 10.0 Å². The summed E-state index contributed by atoms with van der Waals surface area (Å²) in [7, 11) is -3.81. The number of aryl methyl sites for hydroxylation is 1. The predicted octanol–water partition coefficient (Wildman–Crippen LogP) is 2.91. The second kappa shape index (κ2) is 6.19. The standard InChI is InChI=1S/C16H17NO4S/c1-3-17(15-7-5-4-6-14(15)16(18)19)22(20,21)13-10-8-12(2)9-11-13/h4-11H,3H2,1-2H3,(H,18,19). The minimum atomic E-state index is -3.81. The van der Waals surface area contributed by atoms with Gasteiger partial charge in [-0.3, -0.25) is 4.31 Å². The summed E-state index contributed by atoms with van der Waals surface area (Å²) in [6, 6.07) is 12.6. The van der Waals surface area contributed by atoms with Crippen LogP contribution in [0.3, 0.4) is 0 Å². The number of carboxylic acid groups (broad SMARTS) is 1. The Hall–Kier alpha value is -2.34. The lowest BCUT2D eigenvalue weighted by Crippen LogP contribution is -2.32. The summed E-state index contributed by atoms with van der Waals surface area (Å²) in [5, 5.41) is 9.26. The van der Waals surface area contributed by atoms with Gasteiger partial charge in [-0.2, -0.15) is 0 Å². The molecule has 0 aliphatic rings. The molecule has 0 fully saturated rings. The molecule has 2 aromatic rings. The Labute approximate surface area is 129 Å². The first-order valence-electron chi connectivity index (χ1n) is 6.79. The minimum absolute atomic E-state index is 0.0416. The summed E-state index contributed by atoms with van der Waals surface area (Å²) in [4.78, 5) is 11.5. The number of carboxylic acids is 1. The van der Waals surface area contributed by atoms with E-state index in [0.29, 0.717) is 0 Å². The average Bonchev–Trinajstić information content (AvgIpc) is 2.48. The van der Waals surface area contributed by atoms with Crippen molar-refractivity contribution in [1.82, 2.24) is 0 Å². The van der Waals surface area contributed by atoms with Gasteiger partial charge in [0.2, 0.25) is 0 Å². The molecular formula is C16H17NO4S. The zero-order valence-electron chi connectivity index (χ0n) is 12.4. The minimum Gasteiger partial charge on any atom is -0.478 e. The monoisotopic (exact) mass is 319 g/mol. The second-order valence-electron chi connectivity index (χ2n) is 4.81. The first kappa shape index (κ1) is 16.0. The van der Waals surface area contributed by atoms with E-state index in [0.717, 1.165) is 9.87 Å². The van der Waals surface area contributed by atoms with Crippen molar-refractivity contribution in [3.05, 3.63) is 59.7 Å². The van der Waals surface area contributed by atoms with Gasteiger partial charge in [0.1, 0.15) is 0 Å². The molecule has 0 aliphatic carbocycles. The van der Waals surface area contributed by atoms with Crippen LogP contribution in [0.5, 0.6) is 0 Å². The lowest BCUT2D eigenvalue weighted by molar-refractivity contribution is 0.0698. The van der Waals surface area contributed by atoms with Gasteiger partial charge >= 0.3 is 5.97 Å². The fourth-order valence-electron chi connectivity index (χ4n) is 2.18. The van der Waals surface area contributed by atoms with Crippen molar-refractivity contribution >= 4 is 21.7 Å². The van der Waals surface area contributed by atoms with Crippen molar-refractivity contribution in [2.75, 3.05) is 10.8 Å². The molecule has 6 heteroatoms. The van der Waals surface area contributed by atoms with Crippen LogP contribution in [0.15, 0.2) is 53.4 Å². The summed E-state index contributed by atoms with van der Waals surface area (Å²) >= 11 is 0. The van der Waals surface area contributed by atoms with E-state index < -0.39 is 16.0 Å². The molecule has 2 rings (SSSR count). The van der Waals surface area contributed by atoms with Gasteiger partial charge in [-0.1, -0.05) is 29.8 Å². The number of aromatic carboxylic acids is 1. The number of benzene rings is 2. The summed E-state index contributed by atoms with van der Waals surface area (Å²) in [6.45, 7) is 3.68. The zero-order valence-corrected chi connectivity index (χ0v) is 13.2. The predicted molar refractivity (Wildman–Crippen MR) is 84.8 cm³/mol. The molecule has 0 saturated carbocycles. The van der Waals surface area contributed by atoms with Gasteiger partial charge in [-0.25, -0.2) is 13.2 Å². The molecule has 0 spiro atoms. The Kier molecular flexibility index (Phi) is 4.51. The van der Waals surface area contributed by atoms with Crippen LogP contribution < -0.4 is 4.31 Å². The molecule has 0 heterocycles. The Morgan fingerprint density at radius 1 is 1.09 bits per heavy atom. The van der Waals surface area contributed by atoms with Gasteiger partial charge in [0, 0.05) is 6.54 Å². The lowest BCUT2D eigenvalue weighted by Gasteiger charge is -2.24. The van der Waals surface area contributed by atoms with Crippen molar-refractivity contribution in [1.29, 1.82) is 0 Å². The number of carbonyl (C=O) groups is 1. The van der Waals surface area contributed by atoms with Crippen LogP contribution in [0.1, 0.15) is 22.8 Å². The molecule has 0 aliphatic heterocycles. The van der Waals surface area contributed by atoms with Crippen LogP contribution in [0.2, 0.25) is 0 Å². The van der Waals surface area contributed by atoms with E-state index in [4.69, 9.17) is 0 Å². The number of anilines is 1. The number of rotatable bonds is 5. The number of sulfonamides is 1. The summed E-state index contributed by atoms with van der Waals surface area (Å²) in [6.07, 6.45) is 0. The fraction of sp³-hybridized carbons (Fsp3) is 0.188. The molecule has 1 N–H and O–H groups in total. The first-order valence-corrected chi connectivity index (χ1v) is 8.23. The third kappa shape index (κ3) is 2.96. The van der Waals surface area contributed by atoms with E-state index in [1.165, 1.54) is 24.3 Å². The van der Waals surface area contributed by atoms with Crippen LogP contribution >= 0.6 is 0 Å². The van der Waals surface area contributed by atoms with Crippen LogP contribution in [0.4, 0.5) is 5.69 Å². The molecule has 0 unspecified atom stereocenters. The molecule has 0 saturated heterocycles. The second-order valence-corrected chi connectivity index (χ2v) is 6.67. The van der Waals surface area contributed by atoms with Gasteiger partial charge in [0.05, 0.1) is 16.1 Å². The summed E-state index contributed by atoms with van der Waals surface area (Å²) < 4.78 is 26.7. The molecule has 0 atom stereocenters. The van der Waals surface area contributed by atoms with E-state index in [1.807, 2.05) is 6.92 Å². The Balaban J connectivity index is 2.57. The Morgan fingerprint density at radius 2 is 1.68 bits per heavy atom. The first-order chi connectivity index (χ1) is 10.4. The van der Waals surface area contributed by atoms with Crippen molar-refractivity contribution in [2.24, 2.45) is 0 Å². The molecule has 0 radical (unpaired) electrons. The van der Waals surface area contributed by atoms with Crippen LogP contribution in [0.25, 0.3) is 0 Å². The smallest absolute Gasteiger partial charge is 0.337 e. The molecule has 0 amide bonds.